The molecule has 2 N–H and O–H groups in total. The molecule has 2 rings (SSSR count). The normalized spacial score (nSPS) is 14.9. The van der Waals surface area contributed by atoms with Gasteiger partial charge in [0.2, 0.25) is 0 Å². The molecule has 2 amide bonds. The number of nitrogens with one attached hydrogen (secondary N) is 2. The van der Waals surface area contributed by atoms with Crippen molar-refractivity contribution in [3.05, 3.63) is 29.8 Å². The maximum atomic E-state index is 11.5. The number of carbonyl (C=O) groups excluding carboxylic acids is 1. The molecule has 110 valence electrons. The number of carbonyl (C=O) groups is 1. The predicted molar refractivity (Wildman–Crippen MR) is 83.0 cm³/mol. The third-order valence-electron chi connectivity index (χ3n) is 3.65. The van der Waals surface area contributed by atoms with Crippen molar-refractivity contribution in [2.45, 2.75) is 39.2 Å². The molecule has 1 aliphatic rings. The highest BCUT2D eigenvalue weighted by Gasteiger charge is 2.10. The first-order valence-corrected chi connectivity index (χ1v) is 7.65. The first-order chi connectivity index (χ1) is 9.79. The SMILES string of the molecule is CCCNC(=O)NCc1ccc(N2CCCCC2)cc1. The van der Waals surface area contributed by atoms with Gasteiger partial charge in [-0.2, -0.15) is 0 Å². The van der Waals surface area contributed by atoms with Crippen LogP contribution in [-0.4, -0.2) is 25.7 Å². The molecule has 0 spiro atoms. The zero-order valence-electron chi connectivity index (χ0n) is 12.3. The van der Waals surface area contributed by atoms with E-state index >= 15 is 0 Å². The van der Waals surface area contributed by atoms with Crippen LogP contribution in [0, 0.1) is 0 Å². The van der Waals surface area contributed by atoms with Gasteiger partial charge in [-0.25, -0.2) is 4.79 Å². The Morgan fingerprint density at radius 1 is 1.10 bits per heavy atom. The molecular formula is C16H25N3O. The fourth-order valence-electron chi connectivity index (χ4n) is 2.46. The van der Waals surface area contributed by atoms with Gasteiger partial charge >= 0.3 is 6.03 Å². The van der Waals surface area contributed by atoms with E-state index in [9.17, 15) is 4.79 Å². The Labute approximate surface area is 121 Å². The molecule has 1 heterocycles. The second-order valence-electron chi connectivity index (χ2n) is 5.32. The van der Waals surface area contributed by atoms with E-state index in [1.165, 1.54) is 24.9 Å². The molecule has 1 saturated heterocycles. The lowest BCUT2D eigenvalue weighted by molar-refractivity contribution is 0.240. The van der Waals surface area contributed by atoms with Gasteiger partial charge in [0.1, 0.15) is 0 Å². The Morgan fingerprint density at radius 2 is 1.80 bits per heavy atom. The van der Waals surface area contributed by atoms with Crippen molar-refractivity contribution in [1.82, 2.24) is 10.6 Å². The molecule has 1 aliphatic heterocycles. The van der Waals surface area contributed by atoms with Crippen LogP contribution in [0.4, 0.5) is 10.5 Å². The van der Waals surface area contributed by atoms with Gasteiger partial charge in [0, 0.05) is 31.9 Å². The minimum absolute atomic E-state index is 0.0908. The van der Waals surface area contributed by atoms with Gasteiger partial charge in [-0.05, 0) is 43.4 Å². The van der Waals surface area contributed by atoms with E-state index in [0.717, 1.165) is 31.6 Å². The molecule has 0 aliphatic carbocycles. The van der Waals surface area contributed by atoms with Crippen LogP contribution in [0.3, 0.4) is 0 Å². The Bertz CT molecular complexity index is 410. The van der Waals surface area contributed by atoms with Crippen LogP contribution in [0.2, 0.25) is 0 Å². The molecule has 0 bridgehead atoms. The predicted octanol–water partition coefficient (Wildman–Crippen LogP) is 2.89. The monoisotopic (exact) mass is 275 g/mol. The van der Waals surface area contributed by atoms with E-state index in [1.807, 2.05) is 6.92 Å². The highest BCUT2D eigenvalue weighted by molar-refractivity contribution is 5.73. The van der Waals surface area contributed by atoms with Crippen LogP contribution in [0.1, 0.15) is 38.2 Å². The van der Waals surface area contributed by atoms with Gasteiger partial charge in [0.15, 0.2) is 0 Å². The van der Waals surface area contributed by atoms with Crippen LogP contribution < -0.4 is 15.5 Å². The third-order valence-corrected chi connectivity index (χ3v) is 3.65. The number of piperidine rings is 1. The van der Waals surface area contributed by atoms with E-state index in [2.05, 4.69) is 39.8 Å². The molecule has 1 fully saturated rings. The van der Waals surface area contributed by atoms with Crippen molar-refractivity contribution in [3.8, 4) is 0 Å². The second kappa shape index (κ2) is 7.78. The average Bonchev–Trinajstić information content (AvgIpc) is 2.52. The molecular weight excluding hydrogens is 250 g/mol. The number of benzene rings is 1. The summed E-state index contributed by atoms with van der Waals surface area (Å²) in [7, 11) is 0. The number of anilines is 1. The largest absolute Gasteiger partial charge is 0.372 e. The van der Waals surface area contributed by atoms with Gasteiger partial charge in [0.25, 0.3) is 0 Å². The molecule has 20 heavy (non-hydrogen) atoms. The minimum atomic E-state index is -0.0908. The van der Waals surface area contributed by atoms with Crippen molar-refractivity contribution in [1.29, 1.82) is 0 Å². The summed E-state index contributed by atoms with van der Waals surface area (Å²) in [5, 5.41) is 5.68. The molecule has 0 radical (unpaired) electrons. The van der Waals surface area contributed by atoms with Crippen molar-refractivity contribution in [2.75, 3.05) is 24.5 Å². The summed E-state index contributed by atoms with van der Waals surface area (Å²) in [5.74, 6) is 0. The molecule has 0 aromatic heterocycles. The van der Waals surface area contributed by atoms with Crippen LogP contribution >= 0.6 is 0 Å². The number of amides is 2. The molecule has 4 nitrogen and oxygen atoms in total. The Kier molecular flexibility index (Phi) is 5.71. The van der Waals surface area contributed by atoms with Crippen molar-refractivity contribution < 1.29 is 4.79 Å². The summed E-state index contributed by atoms with van der Waals surface area (Å²) >= 11 is 0. The first kappa shape index (κ1) is 14.7. The smallest absolute Gasteiger partial charge is 0.315 e. The average molecular weight is 275 g/mol. The summed E-state index contributed by atoms with van der Waals surface area (Å²) in [6.45, 7) is 5.67. The summed E-state index contributed by atoms with van der Waals surface area (Å²) in [5.41, 5.74) is 2.43. The van der Waals surface area contributed by atoms with Crippen molar-refractivity contribution in [3.63, 3.8) is 0 Å². The Morgan fingerprint density at radius 3 is 2.45 bits per heavy atom. The number of nitrogens with zero attached hydrogens (tertiary/aromatic N) is 1. The quantitative estimate of drug-likeness (QED) is 0.868. The minimum Gasteiger partial charge on any atom is -0.372 e. The molecule has 0 unspecified atom stereocenters. The van der Waals surface area contributed by atoms with E-state index in [1.54, 1.807) is 0 Å². The summed E-state index contributed by atoms with van der Waals surface area (Å²) < 4.78 is 0. The van der Waals surface area contributed by atoms with Crippen molar-refractivity contribution >= 4 is 11.7 Å². The standard InChI is InChI=1S/C16H25N3O/c1-2-10-17-16(20)18-13-14-6-8-15(9-7-14)19-11-4-3-5-12-19/h6-9H,2-5,10-13H2,1H3,(H2,17,18,20). The van der Waals surface area contributed by atoms with E-state index in [-0.39, 0.29) is 6.03 Å². The van der Waals surface area contributed by atoms with Gasteiger partial charge < -0.3 is 15.5 Å². The molecule has 0 atom stereocenters. The maximum absolute atomic E-state index is 11.5. The third kappa shape index (κ3) is 4.44. The van der Waals surface area contributed by atoms with Gasteiger partial charge in [-0.1, -0.05) is 19.1 Å². The lowest BCUT2D eigenvalue weighted by Gasteiger charge is -2.28. The summed E-state index contributed by atoms with van der Waals surface area (Å²) in [4.78, 5) is 13.9. The van der Waals surface area contributed by atoms with Gasteiger partial charge in [-0.3, -0.25) is 0 Å². The topological polar surface area (TPSA) is 44.4 Å². The Hall–Kier alpha value is -1.71. The summed E-state index contributed by atoms with van der Waals surface area (Å²) in [6.07, 6.45) is 4.89. The van der Waals surface area contributed by atoms with Gasteiger partial charge in [0.05, 0.1) is 0 Å². The molecule has 1 aromatic rings. The van der Waals surface area contributed by atoms with Crippen LogP contribution in [0.15, 0.2) is 24.3 Å². The lowest BCUT2D eigenvalue weighted by atomic mass is 10.1. The highest BCUT2D eigenvalue weighted by Crippen LogP contribution is 2.20. The zero-order valence-corrected chi connectivity index (χ0v) is 12.3. The van der Waals surface area contributed by atoms with E-state index < -0.39 is 0 Å². The van der Waals surface area contributed by atoms with Crippen LogP contribution in [0.25, 0.3) is 0 Å². The number of hydrogen-bond donors (Lipinski definition) is 2. The fraction of sp³-hybridized carbons (Fsp3) is 0.562. The first-order valence-electron chi connectivity index (χ1n) is 7.65. The molecule has 0 saturated carbocycles. The lowest BCUT2D eigenvalue weighted by Crippen LogP contribution is -2.35. The summed E-state index contributed by atoms with van der Waals surface area (Å²) in [6, 6.07) is 8.43. The van der Waals surface area contributed by atoms with Crippen LogP contribution in [-0.2, 0) is 6.54 Å². The maximum Gasteiger partial charge on any atom is 0.315 e. The van der Waals surface area contributed by atoms with E-state index in [0.29, 0.717) is 6.54 Å². The van der Waals surface area contributed by atoms with Crippen molar-refractivity contribution in [2.24, 2.45) is 0 Å². The van der Waals surface area contributed by atoms with E-state index in [4.69, 9.17) is 0 Å². The molecule has 4 heteroatoms. The fourth-order valence-corrected chi connectivity index (χ4v) is 2.46. The number of hydrogen-bond acceptors (Lipinski definition) is 2. The van der Waals surface area contributed by atoms with Crippen LogP contribution in [0.5, 0.6) is 0 Å². The number of rotatable bonds is 5. The second-order valence-corrected chi connectivity index (χ2v) is 5.32. The zero-order chi connectivity index (χ0) is 14.2. The molecule has 1 aromatic carbocycles. The Balaban J connectivity index is 1.80. The van der Waals surface area contributed by atoms with Gasteiger partial charge in [-0.15, -0.1) is 0 Å². The highest BCUT2D eigenvalue weighted by atomic mass is 16.2. The number of urea groups is 1.